The Morgan fingerprint density at radius 1 is 1.00 bits per heavy atom. The molecule has 21 heavy (non-hydrogen) atoms. The summed E-state index contributed by atoms with van der Waals surface area (Å²) < 4.78 is 40.3. The molecule has 0 aliphatic heterocycles. The molecule has 112 valence electrons. The number of nitrogens with zero attached hydrogens (tertiary/aromatic N) is 1. The Balaban J connectivity index is 2.40. The second-order valence-electron chi connectivity index (χ2n) is 4.60. The van der Waals surface area contributed by atoms with Gasteiger partial charge in [0.2, 0.25) is 0 Å². The standard InChI is InChI=1S/C15H13ClF3NO/c1-20(2)13-5-3-4-12(16)14(13)10-6-8-11(9-7-10)21-15(17,18)19/h3-9H,1-2H3. The lowest BCUT2D eigenvalue weighted by molar-refractivity contribution is -0.274. The molecule has 0 N–H and O–H groups in total. The second-order valence-corrected chi connectivity index (χ2v) is 5.01. The molecule has 0 amide bonds. The highest BCUT2D eigenvalue weighted by Gasteiger charge is 2.31. The summed E-state index contributed by atoms with van der Waals surface area (Å²) in [4.78, 5) is 1.89. The molecule has 2 rings (SSSR count). The van der Waals surface area contributed by atoms with Crippen molar-refractivity contribution in [1.82, 2.24) is 0 Å². The molecule has 0 aromatic heterocycles. The van der Waals surface area contributed by atoms with Crippen LogP contribution >= 0.6 is 11.6 Å². The van der Waals surface area contributed by atoms with Crippen LogP contribution in [-0.4, -0.2) is 20.5 Å². The Bertz CT molecular complexity index is 624. The molecule has 0 fully saturated rings. The van der Waals surface area contributed by atoms with Gasteiger partial charge in [-0.05, 0) is 29.8 Å². The van der Waals surface area contributed by atoms with Crippen molar-refractivity contribution in [3.05, 3.63) is 47.5 Å². The molecule has 2 aromatic carbocycles. The molecule has 0 saturated heterocycles. The lowest BCUT2D eigenvalue weighted by Gasteiger charge is -2.19. The number of ether oxygens (including phenoxy) is 1. The number of alkyl halides is 3. The van der Waals surface area contributed by atoms with E-state index in [1.807, 2.05) is 31.1 Å². The quantitative estimate of drug-likeness (QED) is 0.792. The van der Waals surface area contributed by atoms with Gasteiger partial charge < -0.3 is 9.64 Å². The SMILES string of the molecule is CN(C)c1cccc(Cl)c1-c1ccc(OC(F)(F)F)cc1. The van der Waals surface area contributed by atoms with E-state index in [9.17, 15) is 13.2 Å². The van der Waals surface area contributed by atoms with Gasteiger partial charge in [-0.1, -0.05) is 29.8 Å². The maximum Gasteiger partial charge on any atom is 0.573 e. The van der Waals surface area contributed by atoms with E-state index in [1.54, 1.807) is 18.2 Å². The average molecular weight is 316 g/mol. The summed E-state index contributed by atoms with van der Waals surface area (Å²) in [7, 11) is 3.74. The summed E-state index contributed by atoms with van der Waals surface area (Å²) in [6.45, 7) is 0. The molecule has 0 spiro atoms. The van der Waals surface area contributed by atoms with Gasteiger partial charge in [0.25, 0.3) is 0 Å². The number of benzene rings is 2. The lowest BCUT2D eigenvalue weighted by Crippen LogP contribution is -2.17. The van der Waals surface area contributed by atoms with E-state index in [2.05, 4.69) is 4.74 Å². The van der Waals surface area contributed by atoms with Crippen LogP contribution in [0.3, 0.4) is 0 Å². The van der Waals surface area contributed by atoms with Gasteiger partial charge in [-0.2, -0.15) is 0 Å². The van der Waals surface area contributed by atoms with Crippen molar-refractivity contribution in [3.63, 3.8) is 0 Å². The first-order valence-electron chi connectivity index (χ1n) is 6.10. The summed E-state index contributed by atoms with van der Waals surface area (Å²) in [6, 6.07) is 11.1. The highest BCUT2D eigenvalue weighted by molar-refractivity contribution is 6.34. The first-order chi connectivity index (χ1) is 9.78. The van der Waals surface area contributed by atoms with Gasteiger partial charge in [0.15, 0.2) is 0 Å². The summed E-state index contributed by atoms with van der Waals surface area (Å²) in [5.74, 6) is -0.260. The molecule has 0 unspecified atom stereocenters. The van der Waals surface area contributed by atoms with Crippen LogP contribution in [0, 0.1) is 0 Å². The molecular formula is C15H13ClF3NO. The molecule has 0 atom stereocenters. The fraction of sp³-hybridized carbons (Fsp3) is 0.200. The molecule has 0 saturated carbocycles. The van der Waals surface area contributed by atoms with Crippen LogP contribution in [0.15, 0.2) is 42.5 Å². The minimum Gasteiger partial charge on any atom is -0.406 e. The van der Waals surface area contributed by atoms with Crippen molar-refractivity contribution in [2.75, 3.05) is 19.0 Å². The minimum atomic E-state index is -4.69. The zero-order valence-corrected chi connectivity index (χ0v) is 12.2. The summed E-state index contributed by atoms with van der Waals surface area (Å²) in [6.07, 6.45) is -4.69. The van der Waals surface area contributed by atoms with E-state index in [0.717, 1.165) is 16.8 Å². The van der Waals surface area contributed by atoms with E-state index in [0.29, 0.717) is 5.02 Å². The monoisotopic (exact) mass is 315 g/mol. The predicted molar refractivity (Wildman–Crippen MR) is 77.9 cm³/mol. The van der Waals surface area contributed by atoms with E-state index in [4.69, 9.17) is 11.6 Å². The first kappa shape index (κ1) is 15.5. The number of hydrogen-bond donors (Lipinski definition) is 0. The van der Waals surface area contributed by atoms with E-state index < -0.39 is 6.36 Å². The van der Waals surface area contributed by atoms with Crippen LogP contribution < -0.4 is 9.64 Å². The third-order valence-corrected chi connectivity index (χ3v) is 3.16. The Kier molecular flexibility index (Phi) is 4.32. The van der Waals surface area contributed by atoms with Crippen LogP contribution in [0.5, 0.6) is 5.75 Å². The third-order valence-electron chi connectivity index (χ3n) is 2.85. The topological polar surface area (TPSA) is 12.5 Å². The van der Waals surface area contributed by atoms with Crippen LogP contribution in [0.2, 0.25) is 5.02 Å². The largest absolute Gasteiger partial charge is 0.573 e. The molecule has 0 bridgehead atoms. The first-order valence-corrected chi connectivity index (χ1v) is 6.48. The maximum absolute atomic E-state index is 12.1. The Morgan fingerprint density at radius 2 is 1.62 bits per heavy atom. The molecule has 0 aliphatic carbocycles. The van der Waals surface area contributed by atoms with E-state index in [1.165, 1.54) is 12.1 Å². The fourth-order valence-corrected chi connectivity index (χ4v) is 2.27. The van der Waals surface area contributed by atoms with E-state index >= 15 is 0 Å². The van der Waals surface area contributed by atoms with Gasteiger partial charge in [0.05, 0.1) is 5.02 Å². The predicted octanol–water partition coefficient (Wildman–Crippen LogP) is 4.97. The van der Waals surface area contributed by atoms with E-state index in [-0.39, 0.29) is 5.75 Å². The number of hydrogen-bond acceptors (Lipinski definition) is 2. The fourth-order valence-electron chi connectivity index (χ4n) is 1.99. The molecule has 6 heteroatoms. The van der Waals surface area contributed by atoms with Crippen molar-refractivity contribution in [2.45, 2.75) is 6.36 Å². The highest BCUT2D eigenvalue weighted by Crippen LogP contribution is 2.37. The Morgan fingerprint density at radius 3 is 2.14 bits per heavy atom. The van der Waals surface area contributed by atoms with Gasteiger partial charge in [-0.15, -0.1) is 13.2 Å². The minimum absolute atomic E-state index is 0.260. The van der Waals surface area contributed by atoms with Gasteiger partial charge in [0.1, 0.15) is 5.75 Å². The van der Waals surface area contributed by atoms with Crippen LogP contribution in [0.4, 0.5) is 18.9 Å². The smallest absolute Gasteiger partial charge is 0.406 e. The maximum atomic E-state index is 12.1. The molecule has 0 radical (unpaired) electrons. The molecule has 0 heterocycles. The van der Waals surface area contributed by atoms with Crippen molar-refractivity contribution >= 4 is 17.3 Å². The van der Waals surface area contributed by atoms with Gasteiger partial charge in [0, 0.05) is 25.3 Å². The van der Waals surface area contributed by atoms with Gasteiger partial charge in [-0.3, -0.25) is 0 Å². The molecule has 2 aromatic rings. The lowest BCUT2D eigenvalue weighted by atomic mass is 10.0. The summed E-state index contributed by atoms with van der Waals surface area (Å²) in [5, 5.41) is 0.533. The van der Waals surface area contributed by atoms with Crippen molar-refractivity contribution in [3.8, 4) is 16.9 Å². The zero-order chi connectivity index (χ0) is 15.6. The van der Waals surface area contributed by atoms with Crippen molar-refractivity contribution in [1.29, 1.82) is 0 Å². The summed E-state index contributed by atoms with van der Waals surface area (Å²) in [5.41, 5.74) is 2.37. The van der Waals surface area contributed by atoms with Crippen molar-refractivity contribution < 1.29 is 17.9 Å². The Labute approximate surface area is 125 Å². The normalized spacial score (nSPS) is 11.3. The zero-order valence-electron chi connectivity index (χ0n) is 11.4. The number of rotatable bonds is 3. The summed E-state index contributed by atoms with van der Waals surface area (Å²) >= 11 is 6.22. The Hall–Kier alpha value is -1.88. The number of anilines is 1. The molecule has 0 aliphatic rings. The highest BCUT2D eigenvalue weighted by atomic mass is 35.5. The second kappa shape index (κ2) is 5.85. The molecular weight excluding hydrogens is 303 g/mol. The van der Waals surface area contributed by atoms with Gasteiger partial charge >= 0.3 is 6.36 Å². The average Bonchev–Trinajstić information content (AvgIpc) is 2.37. The van der Waals surface area contributed by atoms with Crippen molar-refractivity contribution in [2.24, 2.45) is 0 Å². The van der Waals surface area contributed by atoms with Crippen LogP contribution in [0.1, 0.15) is 0 Å². The third kappa shape index (κ3) is 3.82. The van der Waals surface area contributed by atoms with Gasteiger partial charge in [-0.25, -0.2) is 0 Å². The van der Waals surface area contributed by atoms with Crippen LogP contribution in [-0.2, 0) is 0 Å². The number of halogens is 4. The van der Waals surface area contributed by atoms with Crippen LogP contribution in [0.25, 0.3) is 11.1 Å². The molecule has 2 nitrogen and oxygen atoms in total.